The van der Waals surface area contributed by atoms with Crippen LogP contribution >= 0.6 is 47.8 Å². The first-order valence-electron chi connectivity index (χ1n) is 37.5. The average molecular weight is 2240 g/mol. The van der Waals surface area contributed by atoms with E-state index in [1.165, 1.54) is 80.6 Å². The first kappa shape index (κ1) is 118. The molecule has 139 heavy (non-hydrogen) atoms. The van der Waals surface area contributed by atoms with Crippen molar-refractivity contribution in [2.75, 3.05) is 39.3 Å². The Balaban J connectivity index is 0.000000302. The Bertz CT molecular complexity index is 5470. The predicted octanol–water partition coefficient (Wildman–Crippen LogP) is 26.2. The third-order valence-electron chi connectivity index (χ3n) is 18.0. The van der Waals surface area contributed by atoms with Gasteiger partial charge in [-0.05, 0) is 234 Å². The third-order valence-corrected chi connectivity index (χ3v) is 19.9. The molecule has 0 bridgehead atoms. The summed E-state index contributed by atoms with van der Waals surface area (Å²) in [5.41, 5.74) is 9.72. The van der Waals surface area contributed by atoms with Gasteiger partial charge in [0.05, 0.1) is 58.1 Å². The molecule has 20 nitrogen and oxygen atoms in total. The fourth-order valence-corrected chi connectivity index (χ4v) is 12.0. The SMILES string of the molecule is CC(=O)Nc1ccc(Br)c(OC(F)(F)F)c1.CC(=O)Nc1cccc(OC(F)(F)F)c1.CC1(C)OB(c2cc(C(F)(F)F)c(B3OC(C)(C)C(C)(C)O3)cc2C(F)(F)F)OC1(C)C.Nc1ccc(-c2cc(C(F)(F)F)c(-c3ccc(N)cc3OC(F)(F)F)cc2C(F)(F)F)c(OC(F)(F)F)c1.Nc1ccc(Br)c(OC(F)(F)F)c1.Nc1ccc(Br)c(OC(F)(F)F)c1.Nc1cccc(OC(F)(F)F)c1. The van der Waals surface area contributed by atoms with Crippen LogP contribution in [-0.4, -0.2) is 93.0 Å². The fraction of sp³-hybridized carbons (Fsp3) is 0.309. The highest BCUT2D eigenvalue weighted by atomic mass is 79.9. The van der Waals surface area contributed by atoms with Gasteiger partial charge in [-0.25, -0.2) is 0 Å². The minimum absolute atomic E-state index is 0.152. The van der Waals surface area contributed by atoms with Crippen LogP contribution in [0.15, 0.2) is 177 Å². The zero-order valence-corrected chi connectivity index (χ0v) is 76.3. The van der Waals surface area contributed by atoms with Crippen molar-refractivity contribution < 1.29 is 206 Å². The topological polar surface area (TPSA) is 290 Å². The van der Waals surface area contributed by atoms with Crippen molar-refractivity contribution in [3.63, 3.8) is 0 Å². The Labute approximate surface area is 789 Å². The maximum Gasteiger partial charge on any atom is 0.573 e. The number of benzene rings is 9. The largest absolute Gasteiger partial charge is 0.573 e. The number of halogens is 36. The molecule has 0 aliphatic carbocycles. The summed E-state index contributed by atoms with van der Waals surface area (Å²) in [5, 5.41) is 4.70. The Morgan fingerprint density at radius 1 is 0.281 bits per heavy atom. The highest BCUT2D eigenvalue weighted by Crippen LogP contribution is 2.52. The quantitative estimate of drug-likeness (QED) is 0.0321. The lowest BCUT2D eigenvalue weighted by molar-refractivity contribution is -0.275. The average Bonchev–Trinajstić information content (AvgIpc) is 1.61. The monoisotopic (exact) mass is 2230 g/mol. The van der Waals surface area contributed by atoms with E-state index in [1.54, 1.807) is 55.4 Å². The van der Waals surface area contributed by atoms with Crippen LogP contribution < -0.4 is 83.4 Å². The number of ether oxygens (including phenoxy) is 7. The molecule has 0 spiro atoms. The van der Waals surface area contributed by atoms with Crippen LogP contribution in [0, 0.1) is 0 Å². The van der Waals surface area contributed by atoms with E-state index in [0.717, 1.165) is 48.5 Å². The summed E-state index contributed by atoms with van der Waals surface area (Å²) in [6.07, 6.45) is -55.5. The summed E-state index contributed by atoms with van der Waals surface area (Å²) in [6, 6.07) is 26.2. The number of nitrogens with one attached hydrogen (secondary N) is 2. The number of hydrogen-bond donors (Lipinski definition) is 7. The molecule has 12 N–H and O–H groups in total. The number of anilines is 7. The highest BCUT2D eigenvalue weighted by Gasteiger charge is 2.58. The van der Waals surface area contributed by atoms with Gasteiger partial charge in [0.1, 0.15) is 40.2 Å². The number of alkyl halides is 33. The highest BCUT2D eigenvalue weighted by molar-refractivity contribution is 9.11. The van der Waals surface area contributed by atoms with Gasteiger partial charge < -0.3 is 91.1 Å². The lowest BCUT2D eigenvalue weighted by Gasteiger charge is -2.32. The fourth-order valence-electron chi connectivity index (χ4n) is 11.0. The molecule has 2 amide bonds. The number of rotatable bonds is 13. The van der Waals surface area contributed by atoms with Crippen LogP contribution in [-0.2, 0) is 52.9 Å². The molecular formula is C81H69B2Br3F33N7O13. The van der Waals surface area contributed by atoms with Crippen LogP contribution in [0.2, 0.25) is 0 Å². The van der Waals surface area contributed by atoms with Crippen LogP contribution in [0.1, 0.15) is 91.5 Å². The summed E-state index contributed by atoms with van der Waals surface area (Å²) in [7, 11) is -3.27. The van der Waals surface area contributed by atoms with Crippen molar-refractivity contribution in [2.45, 2.75) is 161 Å². The normalized spacial score (nSPS) is 14.7. The van der Waals surface area contributed by atoms with Crippen LogP contribution in [0.4, 0.5) is 185 Å². The number of hydrogen-bond acceptors (Lipinski definition) is 18. The number of carbonyl (C=O) groups is 2. The molecule has 0 aromatic heterocycles. The molecule has 9 aromatic rings. The molecule has 2 aliphatic heterocycles. The van der Waals surface area contributed by atoms with Gasteiger partial charge in [0.2, 0.25) is 11.8 Å². The number of amides is 2. The maximum absolute atomic E-state index is 14.0. The summed E-state index contributed by atoms with van der Waals surface area (Å²) < 4.78 is 471. The Kier molecular flexibility index (Phi) is 37.9. The zero-order chi connectivity index (χ0) is 107. The van der Waals surface area contributed by atoms with Crippen molar-refractivity contribution in [1.82, 2.24) is 0 Å². The summed E-state index contributed by atoms with van der Waals surface area (Å²) in [5.74, 6) is -5.19. The van der Waals surface area contributed by atoms with Gasteiger partial charge in [-0.15, -0.1) is 92.2 Å². The lowest BCUT2D eigenvalue weighted by atomic mass is 9.68. The number of nitrogen functional groups attached to an aromatic ring is 5. The van der Waals surface area contributed by atoms with Crippen LogP contribution in [0.3, 0.4) is 0 Å². The molecule has 0 radical (unpaired) electrons. The molecule has 58 heteroatoms. The molecule has 9 aromatic carbocycles. The molecule has 0 atom stereocenters. The maximum atomic E-state index is 14.0. The molecule has 11 rings (SSSR count). The van der Waals surface area contributed by atoms with Crippen molar-refractivity contribution in [3.8, 4) is 62.5 Å². The standard InChI is InChI=1S/C22H12F12N2O2.C20H26B2F6O4.C9H7BrF3NO2.C9H8F3NO2.2C7H5BrF3NO.C7H6F3NO/c23-19(24,25)15-8-14(12-4-2-10(36)6-18(12)38-22(32,33)34)16(20(26,27)28)7-13(15)11-3-1-9(35)5-17(11)37-21(29,30)31;1-15(2)16(3,4)30-21(29-15)13-9-12(20(26,27)28)14(10-11(13)19(23,24)25)22-31-17(5,6)18(7,8)32-22;1-5(15)14-6-2-3-7(10)8(4-6)16-9(11,12)13;1-6(14)13-7-3-2-4-8(5-7)15-9(10,11)12;2*8-5-2-1-4(12)3-6(5)13-7(9,10)11;8-7(9,10)12-6-3-1-2-5(11)4-6/h1-8H,35-36H2;9-10H,1-8H3;2-4H,1H3,(H,14,15);2-5H,1H3,(H,13,14);2*1-3H,12H2;1-4H,11H2. The molecule has 2 aliphatic rings. The van der Waals surface area contributed by atoms with Crippen molar-refractivity contribution in [3.05, 3.63) is 199 Å². The second kappa shape index (κ2) is 44.6. The van der Waals surface area contributed by atoms with E-state index in [1.807, 2.05) is 0 Å². The van der Waals surface area contributed by atoms with E-state index in [9.17, 15) is 154 Å². The van der Waals surface area contributed by atoms with Crippen molar-refractivity contribution in [2.24, 2.45) is 0 Å². The van der Waals surface area contributed by atoms with Gasteiger partial charge in [-0.1, -0.05) is 12.1 Å². The summed E-state index contributed by atoms with van der Waals surface area (Å²) in [6.45, 7) is 15.3. The smallest absolute Gasteiger partial charge is 0.406 e. The first-order chi connectivity index (χ1) is 62.6. The van der Waals surface area contributed by atoms with E-state index in [2.05, 4.69) is 91.6 Å². The van der Waals surface area contributed by atoms with Crippen LogP contribution in [0.5, 0.6) is 40.2 Å². The predicted molar refractivity (Wildman–Crippen MR) is 448 cm³/mol. The minimum atomic E-state index is -5.51. The molecular weight excluding hydrogens is 2170 g/mol. The lowest BCUT2D eigenvalue weighted by Crippen LogP contribution is -2.46. The van der Waals surface area contributed by atoms with E-state index in [4.69, 9.17) is 47.3 Å². The van der Waals surface area contributed by atoms with Gasteiger partial charge >= 0.3 is 83.5 Å². The molecule has 764 valence electrons. The van der Waals surface area contributed by atoms with Crippen molar-refractivity contribution >= 4 is 125 Å². The molecule has 0 saturated carbocycles. The van der Waals surface area contributed by atoms with Crippen LogP contribution in [0.25, 0.3) is 22.3 Å². The summed E-state index contributed by atoms with van der Waals surface area (Å²) >= 11 is 8.72. The van der Waals surface area contributed by atoms with E-state index < -0.39 is 190 Å². The molecule has 2 saturated heterocycles. The van der Waals surface area contributed by atoms with Gasteiger partial charge in [-0.2, -0.15) is 52.7 Å². The Hall–Kier alpha value is -11.4. The Morgan fingerprint density at radius 3 is 0.806 bits per heavy atom. The van der Waals surface area contributed by atoms with Gasteiger partial charge in [0.15, 0.2) is 0 Å². The van der Waals surface area contributed by atoms with Gasteiger partial charge in [-0.3, -0.25) is 9.59 Å². The zero-order valence-electron chi connectivity index (χ0n) is 71.5. The molecule has 2 fully saturated rings. The van der Waals surface area contributed by atoms with Crippen molar-refractivity contribution in [1.29, 1.82) is 0 Å². The second-order valence-electron chi connectivity index (χ2n) is 30.0. The van der Waals surface area contributed by atoms with E-state index in [0.29, 0.717) is 36.4 Å². The third kappa shape index (κ3) is 38.3. The van der Waals surface area contributed by atoms with E-state index >= 15 is 0 Å². The van der Waals surface area contributed by atoms with Gasteiger partial charge in [0, 0.05) is 107 Å². The summed E-state index contributed by atoms with van der Waals surface area (Å²) in [4.78, 5) is 21.3. The second-order valence-corrected chi connectivity index (χ2v) is 32.5. The molecule has 2 heterocycles. The first-order valence-corrected chi connectivity index (χ1v) is 39.9. The Morgan fingerprint density at radius 2 is 0.525 bits per heavy atom. The molecule has 0 unspecified atom stereocenters. The minimum Gasteiger partial charge on any atom is -0.406 e. The van der Waals surface area contributed by atoms with Gasteiger partial charge in [0.25, 0.3) is 0 Å². The number of carbonyl (C=O) groups excluding carboxylic acids is 2. The number of nitrogens with two attached hydrogens (primary N) is 5. The van der Waals surface area contributed by atoms with E-state index in [-0.39, 0.29) is 88.8 Å².